The van der Waals surface area contributed by atoms with Crippen molar-refractivity contribution in [1.82, 2.24) is 15.5 Å². The molecule has 0 unspecified atom stereocenters. The van der Waals surface area contributed by atoms with E-state index in [2.05, 4.69) is 25.7 Å². The number of benzene rings is 1. The summed E-state index contributed by atoms with van der Waals surface area (Å²) < 4.78 is 5.03. The number of rotatable bonds is 7. The van der Waals surface area contributed by atoms with Crippen LogP contribution in [0.15, 0.2) is 36.4 Å². The second-order valence-electron chi connectivity index (χ2n) is 7.39. The predicted octanol–water partition coefficient (Wildman–Crippen LogP) is 1.76. The van der Waals surface area contributed by atoms with E-state index in [1.165, 1.54) is 0 Å². The Balaban J connectivity index is 1.30. The zero-order valence-corrected chi connectivity index (χ0v) is 16.5. The molecule has 0 radical (unpaired) electrons. The lowest BCUT2D eigenvalue weighted by Crippen LogP contribution is -2.28. The largest absolute Gasteiger partial charge is 0.451 e. The maximum absolute atomic E-state index is 12.3. The van der Waals surface area contributed by atoms with Gasteiger partial charge in [0.2, 0.25) is 0 Å². The highest BCUT2D eigenvalue weighted by Gasteiger charge is 2.25. The summed E-state index contributed by atoms with van der Waals surface area (Å²) in [5, 5.41) is 13.5. The van der Waals surface area contributed by atoms with Gasteiger partial charge in [0.05, 0.1) is 11.3 Å². The third-order valence-electron chi connectivity index (χ3n) is 4.98. The molecule has 156 valence electrons. The number of aromatic nitrogens is 2. The molecule has 9 nitrogen and oxygen atoms in total. The van der Waals surface area contributed by atoms with Gasteiger partial charge in [-0.25, -0.2) is 4.79 Å². The van der Waals surface area contributed by atoms with Crippen molar-refractivity contribution in [3.05, 3.63) is 47.7 Å². The van der Waals surface area contributed by atoms with E-state index in [0.29, 0.717) is 11.3 Å². The highest BCUT2D eigenvalue weighted by molar-refractivity contribution is 6.04. The first-order valence-electron chi connectivity index (χ1n) is 10.1. The number of nitrogens with zero attached hydrogens (tertiary/aromatic N) is 3. The molecule has 4 rings (SSSR count). The maximum atomic E-state index is 12.3. The fourth-order valence-corrected chi connectivity index (χ4v) is 3.22. The Morgan fingerprint density at radius 2 is 1.80 bits per heavy atom. The van der Waals surface area contributed by atoms with Crippen LogP contribution >= 0.6 is 0 Å². The number of ether oxygens (including phenoxy) is 1. The van der Waals surface area contributed by atoms with Gasteiger partial charge >= 0.3 is 5.97 Å². The zero-order valence-electron chi connectivity index (χ0n) is 16.5. The first kappa shape index (κ1) is 19.8. The van der Waals surface area contributed by atoms with Crippen molar-refractivity contribution >= 4 is 29.3 Å². The van der Waals surface area contributed by atoms with Crippen LogP contribution in [0.3, 0.4) is 0 Å². The molecule has 2 N–H and O–H groups in total. The predicted molar refractivity (Wildman–Crippen MR) is 109 cm³/mol. The summed E-state index contributed by atoms with van der Waals surface area (Å²) in [6.07, 6.45) is 4.17. The molecule has 2 heterocycles. The SMILES string of the molecule is O=C(COC(=O)c1ccc(N2CCCC2)nn1)Nc1ccccc1C(=O)NC1CC1. The minimum Gasteiger partial charge on any atom is -0.451 e. The molecule has 1 saturated carbocycles. The molecule has 0 atom stereocenters. The Bertz CT molecular complexity index is 937. The molecule has 1 saturated heterocycles. The van der Waals surface area contributed by atoms with E-state index in [1.54, 1.807) is 36.4 Å². The van der Waals surface area contributed by atoms with Crippen LogP contribution in [0.25, 0.3) is 0 Å². The van der Waals surface area contributed by atoms with Crippen LogP contribution in [0.2, 0.25) is 0 Å². The van der Waals surface area contributed by atoms with Crippen molar-refractivity contribution in [1.29, 1.82) is 0 Å². The van der Waals surface area contributed by atoms with E-state index in [-0.39, 0.29) is 17.6 Å². The summed E-state index contributed by atoms with van der Waals surface area (Å²) in [7, 11) is 0. The third-order valence-corrected chi connectivity index (χ3v) is 4.98. The maximum Gasteiger partial charge on any atom is 0.359 e. The van der Waals surface area contributed by atoms with Crippen LogP contribution < -0.4 is 15.5 Å². The average Bonchev–Trinajstić information content (AvgIpc) is 3.40. The molecular formula is C21H23N5O4. The van der Waals surface area contributed by atoms with Gasteiger partial charge in [0.15, 0.2) is 18.1 Å². The molecule has 1 aromatic heterocycles. The summed E-state index contributed by atoms with van der Waals surface area (Å²) in [6, 6.07) is 10.2. The average molecular weight is 409 g/mol. The Morgan fingerprint density at radius 1 is 1.03 bits per heavy atom. The van der Waals surface area contributed by atoms with Crippen molar-refractivity contribution in [3.8, 4) is 0 Å². The summed E-state index contributed by atoms with van der Waals surface area (Å²) in [5.41, 5.74) is 0.772. The lowest BCUT2D eigenvalue weighted by molar-refractivity contribution is -0.119. The Hall–Kier alpha value is -3.49. The minimum atomic E-state index is -0.731. The molecular weight excluding hydrogens is 386 g/mol. The topological polar surface area (TPSA) is 114 Å². The van der Waals surface area contributed by atoms with Gasteiger partial charge < -0.3 is 20.3 Å². The van der Waals surface area contributed by atoms with Crippen LogP contribution in [-0.2, 0) is 9.53 Å². The molecule has 1 aliphatic heterocycles. The van der Waals surface area contributed by atoms with Gasteiger partial charge in [-0.1, -0.05) is 12.1 Å². The Morgan fingerprint density at radius 3 is 2.50 bits per heavy atom. The molecule has 2 aromatic rings. The summed E-state index contributed by atoms with van der Waals surface area (Å²) in [5.74, 6) is -0.788. The first-order chi connectivity index (χ1) is 14.6. The normalized spacial score (nSPS) is 15.5. The van der Waals surface area contributed by atoms with Gasteiger partial charge in [0.1, 0.15) is 0 Å². The van der Waals surface area contributed by atoms with Gasteiger partial charge in [-0.2, -0.15) is 0 Å². The monoisotopic (exact) mass is 409 g/mol. The minimum absolute atomic E-state index is 0.0370. The lowest BCUT2D eigenvalue weighted by atomic mass is 10.1. The second kappa shape index (κ2) is 8.89. The lowest BCUT2D eigenvalue weighted by Gasteiger charge is -2.15. The van der Waals surface area contributed by atoms with E-state index in [1.807, 2.05) is 0 Å². The number of nitrogens with one attached hydrogen (secondary N) is 2. The van der Waals surface area contributed by atoms with E-state index in [4.69, 9.17) is 4.74 Å². The van der Waals surface area contributed by atoms with Crippen molar-refractivity contribution < 1.29 is 19.1 Å². The number of carbonyl (C=O) groups is 3. The summed E-state index contributed by atoms with van der Waals surface area (Å²) >= 11 is 0. The molecule has 0 spiro atoms. The van der Waals surface area contributed by atoms with Gasteiger partial charge in [0.25, 0.3) is 11.8 Å². The van der Waals surface area contributed by atoms with Gasteiger partial charge in [0, 0.05) is 19.1 Å². The quantitative estimate of drug-likeness (QED) is 0.670. The number of para-hydroxylation sites is 1. The number of hydrogen-bond donors (Lipinski definition) is 2. The van der Waals surface area contributed by atoms with E-state index >= 15 is 0 Å². The number of esters is 1. The number of carbonyl (C=O) groups excluding carboxylic acids is 3. The molecule has 1 aliphatic carbocycles. The van der Waals surface area contributed by atoms with Gasteiger partial charge in [-0.15, -0.1) is 10.2 Å². The highest BCUT2D eigenvalue weighted by Crippen LogP contribution is 2.21. The van der Waals surface area contributed by atoms with Crippen molar-refractivity contribution in [3.63, 3.8) is 0 Å². The van der Waals surface area contributed by atoms with Crippen LogP contribution in [0.5, 0.6) is 0 Å². The molecule has 1 aromatic carbocycles. The summed E-state index contributed by atoms with van der Waals surface area (Å²) in [4.78, 5) is 38.8. The Labute approximate surface area is 173 Å². The number of hydrogen-bond acceptors (Lipinski definition) is 7. The smallest absolute Gasteiger partial charge is 0.359 e. The summed E-state index contributed by atoms with van der Waals surface area (Å²) in [6.45, 7) is 1.37. The van der Waals surface area contributed by atoms with Crippen molar-refractivity contribution in [2.24, 2.45) is 0 Å². The van der Waals surface area contributed by atoms with E-state index in [9.17, 15) is 14.4 Å². The fraction of sp³-hybridized carbons (Fsp3) is 0.381. The highest BCUT2D eigenvalue weighted by atomic mass is 16.5. The molecule has 2 aliphatic rings. The van der Waals surface area contributed by atoms with E-state index in [0.717, 1.165) is 44.6 Å². The van der Waals surface area contributed by atoms with Crippen LogP contribution in [0.4, 0.5) is 11.5 Å². The van der Waals surface area contributed by atoms with Crippen LogP contribution in [-0.4, -0.2) is 53.7 Å². The molecule has 2 fully saturated rings. The van der Waals surface area contributed by atoms with Crippen LogP contribution in [0, 0.1) is 0 Å². The van der Waals surface area contributed by atoms with E-state index < -0.39 is 18.5 Å². The molecule has 30 heavy (non-hydrogen) atoms. The van der Waals surface area contributed by atoms with Crippen molar-refractivity contribution in [2.75, 3.05) is 29.9 Å². The Kier molecular flexibility index (Phi) is 5.87. The third kappa shape index (κ3) is 4.91. The molecule has 2 amide bonds. The van der Waals surface area contributed by atoms with Gasteiger partial charge in [-0.3, -0.25) is 9.59 Å². The molecule has 0 bridgehead atoms. The van der Waals surface area contributed by atoms with Crippen LogP contribution in [0.1, 0.15) is 46.5 Å². The number of amides is 2. The van der Waals surface area contributed by atoms with Crippen molar-refractivity contribution in [2.45, 2.75) is 31.7 Å². The van der Waals surface area contributed by atoms with Gasteiger partial charge in [-0.05, 0) is 49.9 Å². The number of anilines is 2. The molecule has 9 heteroatoms. The first-order valence-corrected chi connectivity index (χ1v) is 10.1. The second-order valence-corrected chi connectivity index (χ2v) is 7.39. The fourth-order valence-electron chi connectivity index (χ4n) is 3.22. The standard InChI is InChI=1S/C21H23N5O4/c27-19(23-16-6-2-1-5-15(16)20(28)22-14-7-8-14)13-30-21(29)17-9-10-18(25-24-17)26-11-3-4-12-26/h1-2,5-6,9-10,14H,3-4,7-8,11-13H2,(H,22,28)(H,23,27). The zero-order chi connectivity index (χ0) is 20.9.